The summed E-state index contributed by atoms with van der Waals surface area (Å²) in [4.78, 5) is 33.2. The molecule has 2 N–H and O–H groups in total. The monoisotopic (exact) mass is 339 g/mol. The summed E-state index contributed by atoms with van der Waals surface area (Å²) in [7, 11) is 0. The van der Waals surface area contributed by atoms with E-state index in [-0.39, 0.29) is 12.5 Å². The summed E-state index contributed by atoms with van der Waals surface area (Å²) in [6.07, 6.45) is 2.91. The van der Waals surface area contributed by atoms with Gasteiger partial charge < -0.3 is 14.8 Å². The molecule has 0 aliphatic carbocycles. The lowest BCUT2D eigenvalue weighted by Crippen LogP contribution is -2.32. The number of para-hydroxylation sites is 1. The molecule has 3 amide bonds. The van der Waals surface area contributed by atoms with Gasteiger partial charge in [0, 0.05) is 29.9 Å². The van der Waals surface area contributed by atoms with Gasteiger partial charge in [-0.25, -0.2) is 4.79 Å². The Morgan fingerprint density at radius 2 is 2.12 bits per heavy atom. The Balaban J connectivity index is 1.50. The predicted octanol–water partition coefficient (Wildman–Crippen LogP) is 1.78. The molecule has 25 heavy (non-hydrogen) atoms. The van der Waals surface area contributed by atoms with Crippen molar-refractivity contribution in [3.8, 4) is 0 Å². The van der Waals surface area contributed by atoms with Gasteiger partial charge in [-0.1, -0.05) is 30.3 Å². The maximum Gasteiger partial charge on any atom is 0.325 e. The van der Waals surface area contributed by atoms with Gasteiger partial charge in [-0.2, -0.15) is 4.98 Å². The van der Waals surface area contributed by atoms with Crippen LogP contribution in [0, 0.1) is 0 Å². The molecule has 1 atom stereocenters. The molecule has 1 saturated heterocycles. The van der Waals surface area contributed by atoms with E-state index in [4.69, 9.17) is 4.52 Å². The first-order chi connectivity index (χ1) is 12.2. The fourth-order valence-corrected chi connectivity index (χ4v) is 3.02. The van der Waals surface area contributed by atoms with Crippen LogP contribution in [0.5, 0.6) is 0 Å². The van der Waals surface area contributed by atoms with E-state index in [9.17, 15) is 9.59 Å². The number of imide groups is 1. The van der Waals surface area contributed by atoms with Gasteiger partial charge in [-0.05, 0) is 11.6 Å². The van der Waals surface area contributed by atoms with Crippen LogP contribution in [0.4, 0.5) is 4.79 Å². The van der Waals surface area contributed by atoms with Crippen LogP contribution < -0.4 is 5.32 Å². The third-order valence-electron chi connectivity index (χ3n) is 4.32. The number of aryl methyl sites for hydroxylation is 1. The Morgan fingerprint density at radius 3 is 2.92 bits per heavy atom. The summed E-state index contributed by atoms with van der Waals surface area (Å²) in [6.45, 7) is 1.90. The van der Waals surface area contributed by atoms with Crippen molar-refractivity contribution < 1.29 is 14.1 Å². The molecule has 1 aliphatic heterocycles. The zero-order valence-electron chi connectivity index (χ0n) is 13.7. The van der Waals surface area contributed by atoms with E-state index in [1.54, 1.807) is 0 Å². The number of rotatable bonds is 5. The standard InChI is InChI=1S/C17H17N5O3/c1-2-15-20-14(21-25-15)9-22-16(23)13(19-17(22)24)7-10-8-18-12-6-4-3-5-11(10)12/h3-6,8,13,18H,2,7,9H2,1H3,(H,19,24)/t13-/m1/s1. The number of carbonyl (C=O) groups is 2. The van der Waals surface area contributed by atoms with Crippen molar-refractivity contribution in [1.82, 2.24) is 25.3 Å². The number of fused-ring (bicyclic) bond motifs is 1. The van der Waals surface area contributed by atoms with E-state index in [0.29, 0.717) is 24.6 Å². The molecule has 128 valence electrons. The summed E-state index contributed by atoms with van der Waals surface area (Å²) in [5, 5.41) is 7.58. The van der Waals surface area contributed by atoms with Crippen LogP contribution in [-0.4, -0.2) is 38.0 Å². The van der Waals surface area contributed by atoms with Crippen molar-refractivity contribution in [2.24, 2.45) is 0 Å². The van der Waals surface area contributed by atoms with Gasteiger partial charge >= 0.3 is 6.03 Å². The summed E-state index contributed by atoms with van der Waals surface area (Å²) in [6, 6.07) is 6.83. The summed E-state index contributed by atoms with van der Waals surface area (Å²) in [5.41, 5.74) is 1.99. The second-order valence-corrected chi connectivity index (χ2v) is 5.95. The molecule has 3 heterocycles. The third-order valence-corrected chi connectivity index (χ3v) is 4.32. The van der Waals surface area contributed by atoms with E-state index >= 15 is 0 Å². The Morgan fingerprint density at radius 1 is 1.28 bits per heavy atom. The molecule has 0 saturated carbocycles. The van der Waals surface area contributed by atoms with Crippen LogP contribution in [0.15, 0.2) is 35.0 Å². The van der Waals surface area contributed by atoms with E-state index < -0.39 is 12.1 Å². The number of amides is 3. The molecular formula is C17H17N5O3. The average Bonchev–Trinajstić information content (AvgIpc) is 3.31. The van der Waals surface area contributed by atoms with E-state index in [0.717, 1.165) is 21.4 Å². The number of benzene rings is 1. The molecule has 2 aromatic heterocycles. The molecule has 3 aromatic rings. The molecule has 8 heteroatoms. The van der Waals surface area contributed by atoms with Crippen LogP contribution >= 0.6 is 0 Å². The Bertz CT molecular complexity index is 945. The van der Waals surface area contributed by atoms with Crippen LogP contribution in [0.25, 0.3) is 10.9 Å². The van der Waals surface area contributed by atoms with Crippen LogP contribution in [0.1, 0.15) is 24.2 Å². The van der Waals surface area contributed by atoms with Crippen molar-refractivity contribution >= 4 is 22.8 Å². The highest BCUT2D eigenvalue weighted by Crippen LogP contribution is 2.21. The number of aromatic amines is 1. The summed E-state index contributed by atoms with van der Waals surface area (Å²) < 4.78 is 5.02. The SMILES string of the molecule is CCc1nc(CN2C(=O)N[C@H](Cc3c[nH]c4ccccc34)C2=O)no1. The molecule has 0 bridgehead atoms. The lowest BCUT2D eigenvalue weighted by molar-refractivity contribution is -0.127. The third kappa shape index (κ3) is 2.75. The molecule has 0 unspecified atom stereocenters. The summed E-state index contributed by atoms with van der Waals surface area (Å²) >= 11 is 0. The number of carbonyl (C=O) groups excluding carboxylic acids is 2. The van der Waals surface area contributed by atoms with Gasteiger partial charge in [0.15, 0.2) is 5.82 Å². The van der Waals surface area contributed by atoms with Crippen LogP contribution in [-0.2, 0) is 24.2 Å². The minimum Gasteiger partial charge on any atom is -0.361 e. The molecule has 0 radical (unpaired) electrons. The molecule has 8 nitrogen and oxygen atoms in total. The number of hydrogen-bond acceptors (Lipinski definition) is 5. The normalized spacial score (nSPS) is 17.5. The first-order valence-corrected chi connectivity index (χ1v) is 8.14. The Kier molecular flexibility index (Phi) is 3.72. The molecule has 1 aliphatic rings. The van der Waals surface area contributed by atoms with Gasteiger partial charge in [-0.3, -0.25) is 9.69 Å². The minimum atomic E-state index is -0.593. The number of hydrogen-bond donors (Lipinski definition) is 2. The van der Waals surface area contributed by atoms with Gasteiger partial charge in [0.2, 0.25) is 5.89 Å². The topological polar surface area (TPSA) is 104 Å². The Hall–Kier alpha value is -3.16. The Labute approximate surface area is 143 Å². The fourth-order valence-electron chi connectivity index (χ4n) is 3.02. The predicted molar refractivity (Wildman–Crippen MR) is 88.5 cm³/mol. The van der Waals surface area contributed by atoms with Crippen molar-refractivity contribution in [1.29, 1.82) is 0 Å². The zero-order valence-corrected chi connectivity index (χ0v) is 13.7. The summed E-state index contributed by atoms with van der Waals surface area (Å²) in [5.74, 6) is 0.531. The molecule has 1 fully saturated rings. The largest absolute Gasteiger partial charge is 0.361 e. The fraction of sp³-hybridized carbons (Fsp3) is 0.294. The van der Waals surface area contributed by atoms with Crippen molar-refractivity contribution in [2.45, 2.75) is 32.4 Å². The van der Waals surface area contributed by atoms with E-state index in [1.807, 2.05) is 37.4 Å². The van der Waals surface area contributed by atoms with Crippen molar-refractivity contribution in [3.63, 3.8) is 0 Å². The van der Waals surface area contributed by atoms with Gasteiger partial charge in [-0.15, -0.1) is 0 Å². The average molecular weight is 339 g/mol. The number of H-pyrrole nitrogens is 1. The quantitative estimate of drug-likeness (QED) is 0.690. The highest BCUT2D eigenvalue weighted by molar-refractivity contribution is 6.04. The van der Waals surface area contributed by atoms with Gasteiger partial charge in [0.05, 0.1) is 6.54 Å². The van der Waals surface area contributed by atoms with E-state index in [1.165, 1.54) is 0 Å². The maximum absolute atomic E-state index is 12.6. The number of urea groups is 1. The maximum atomic E-state index is 12.6. The second kappa shape index (κ2) is 6.04. The lowest BCUT2D eigenvalue weighted by atomic mass is 10.1. The smallest absolute Gasteiger partial charge is 0.325 e. The van der Waals surface area contributed by atoms with Gasteiger partial charge in [0.1, 0.15) is 6.04 Å². The highest BCUT2D eigenvalue weighted by atomic mass is 16.5. The van der Waals surface area contributed by atoms with Crippen molar-refractivity contribution in [3.05, 3.63) is 47.7 Å². The molecular weight excluding hydrogens is 322 g/mol. The van der Waals surface area contributed by atoms with E-state index in [2.05, 4.69) is 20.4 Å². The van der Waals surface area contributed by atoms with Crippen molar-refractivity contribution in [2.75, 3.05) is 0 Å². The first-order valence-electron chi connectivity index (χ1n) is 8.14. The molecule has 0 spiro atoms. The molecule has 1 aromatic carbocycles. The molecule has 4 rings (SSSR count). The zero-order chi connectivity index (χ0) is 17.4. The highest BCUT2D eigenvalue weighted by Gasteiger charge is 2.38. The van der Waals surface area contributed by atoms with Gasteiger partial charge in [0.25, 0.3) is 5.91 Å². The first kappa shape index (κ1) is 15.4. The van der Waals surface area contributed by atoms with Crippen LogP contribution in [0.3, 0.4) is 0 Å². The van der Waals surface area contributed by atoms with Crippen LogP contribution in [0.2, 0.25) is 0 Å². The number of nitrogens with zero attached hydrogens (tertiary/aromatic N) is 3. The second-order valence-electron chi connectivity index (χ2n) is 5.95. The minimum absolute atomic E-state index is 0.0125. The number of nitrogens with one attached hydrogen (secondary N) is 2. The lowest BCUT2D eigenvalue weighted by Gasteiger charge is -2.10. The number of aromatic nitrogens is 3.